The summed E-state index contributed by atoms with van der Waals surface area (Å²) in [7, 11) is -3.90. The van der Waals surface area contributed by atoms with E-state index in [9.17, 15) is 4.57 Å². The summed E-state index contributed by atoms with van der Waals surface area (Å²) in [6, 6.07) is 17.3. The van der Waals surface area contributed by atoms with Crippen molar-refractivity contribution in [1.29, 1.82) is 0 Å². The smallest absolute Gasteiger partial charge is 0.324 e. The molecule has 1 fully saturated rings. The van der Waals surface area contributed by atoms with Crippen molar-refractivity contribution in [1.82, 2.24) is 5.32 Å². The number of hydrogen-bond donors (Lipinski definition) is 3. The summed E-state index contributed by atoms with van der Waals surface area (Å²) >= 11 is 8.35. The summed E-state index contributed by atoms with van der Waals surface area (Å²) in [5, 5.41) is 4.00. The fraction of sp³-hybridized carbons (Fsp3) is 0.538. The van der Waals surface area contributed by atoms with E-state index in [1.165, 1.54) is 56.9 Å². The first-order valence-electron chi connectivity index (χ1n) is 12.1. The van der Waals surface area contributed by atoms with Crippen LogP contribution in [0.4, 0.5) is 0 Å². The molecular formula is C26H37ClNO3PS. The topological polar surface area (TPSA) is 69.6 Å². The van der Waals surface area contributed by atoms with E-state index in [0.717, 1.165) is 21.2 Å². The standard InChI is InChI=1S/C26H37ClNO3PS/c27-24-20-22(21-28-17-9-18-32(29,30)31)12-13-25(24)33-19-8-7-16-26(14-5-2-6-15-26)23-10-3-1-4-11-23/h1,3-4,10-13,20,28H,2,5-9,14-19,21H2,(H2,29,30,31). The van der Waals surface area contributed by atoms with Gasteiger partial charge in [-0.3, -0.25) is 4.57 Å². The second-order valence-corrected chi connectivity index (χ2v) is 12.5. The van der Waals surface area contributed by atoms with Crippen molar-refractivity contribution >= 4 is 31.0 Å². The Hall–Kier alpha value is -0.810. The van der Waals surface area contributed by atoms with E-state index in [-0.39, 0.29) is 6.16 Å². The third-order valence-corrected chi connectivity index (χ3v) is 9.12. The quantitative estimate of drug-likeness (QED) is 0.152. The van der Waals surface area contributed by atoms with Gasteiger partial charge in [-0.25, -0.2) is 0 Å². The molecule has 7 heteroatoms. The summed E-state index contributed by atoms with van der Waals surface area (Å²) in [5.41, 5.74) is 3.00. The molecule has 3 rings (SSSR count). The van der Waals surface area contributed by atoms with Gasteiger partial charge in [0, 0.05) is 11.4 Å². The number of unbranched alkanes of at least 4 members (excludes halogenated alkanes) is 1. The van der Waals surface area contributed by atoms with Crippen LogP contribution in [0.25, 0.3) is 0 Å². The highest BCUT2D eigenvalue weighted by Crippen LogP contribution is 2.43. The molecule has 2 aromatic rings. The Morgan fingerprint density at radius 1 is 1.00 bits per heavy atom. The number of benzene rings is 2. The molecule has 0 spiro atoms. The van der Waals surface area contributed by atoms with Crippen LogP contribution in [0.5, 0.6) is 0 Å². The summed E-state index contributed by atoms with van der Waals surface area (Å²) < 4.78 is 10.9. The Balaban J connectivity index is 1.40. The second-order valence-electron chi connectivity index (χ2n) is 9.20. The van der Waals surface area contributed by atoms with Crippen LogP contribution < -0.4 is 5.32 Å². The number of hydrogen-bond acceptors (Lipinski definition) is 3. The van der Waals surface area contributed by atoms with Gasteiger partial charge in [0.2, 0.25) is 0 Å². The summed E-state index contributed by atoms with van der Waals surface area (Å²) in [6.45, 7) is 1.22. The average molecular weight is 510 g/mol. The molecule has 1 aliphatic rings. The molecule has 0 bridgehead atoms. The first kappa shape index (κ1) is 26.8. The molecule has 4 nitrogen and oxygen atoms in total. The molecule has 0 aliphatic heterocycles. The fourth-order valence-corrected chi connectivity index (χ4v) is 6.73. The van der Waals surface area contributed by atoms with E-state index in [2.05, 4.69) is 47.8 Å². The normalized spacial score (nSPS) is 16.1. The highest BCUT2D eigenvalue weighted by atomic mass is 35.5. The first-order valence-corrected chi connectivity index (χ1v) is 15.3. The molecular weight excluding hydrogens is 473 g/mol. The van der Waals surface area contributed by atoms with Gasteiger partial charge < -0.3 is 15.1 Å². The Labute approximate surface area is 208 Å². The van der Waals surface area contributed by atoms with Crippen LogP contribution in [0.3, 0.4) is 0 Å². The number of rotatable bonds is 13. The molecule has 33 heavy (non-hydrogen) atoms. The predicted molar refractivity (Wildman–Crippen MR) is 140 cm³/mol. The van der Waals surface area contributed by atoms with E-state index in [1.54, 1.807) is 0 Å². The SMILES string of the molecule is O=P(O)(O)CCCNCc1ccc(SCCCCC2(c3ccccc3)CCCCC2)c(Cl)c1. The maximum Gasteiger partial charge on any atom is 0.325 e. The summed E-state index contributed by atoms with van der Waals surface area (Å²) in [6.07, 6.45) is 10.8. The number of halogens is 1. The Morgan fingerprint density at radius 3 is 2.45 bits per heavy atom. The van der Waals surface area contributed by atoms with Crippen LogP contribution in [0.2, 0.25) is 5.02 Å². The molecule has 0 atom stereocenters. The highest BCUT2D eigenvalue weighted by Gasteiger charge is 2.32. The molecule has 0 heterocycles. The van der Waals surface area contributed by atoms with Crippen LogP contribution >= 0.6 is 31.0 Å². The monoisotopic (exact) mass is 509 g/mol. The van der Waals surface area contributed by atoms with Crippen molar-refractivity contribution in [3.8, 4) is 0 Å². The maximum atomic E-state index is 10.9. The molecule has 1 aliphatic carbocycles. The van der Waals surface area contributed by atoms with Gasteiger partial charge in [-0.05, 0) is 73.1 Å². The Morgan fingerprint density at radius 2 is 1.76 bits per heavy atom. The van der Waals surface area contributed by atoms with E-state index in [4.69, 9.17) is 21.4 Å². The van der Waals surface area contributed by atoms with Gasteiger partial charge in [0.1, 0.15) is 0 Å². The van der Waals surface area contributed by atoms with Gasteiger partial charge >= 0.3 is 7.60 Å². The van der Waals surface area contributed by atoms with E-state index >= 15 is 0 Å². The Kier molecular flexibility index (Phi) is 10.8. The maximum absolute atomic E-state index is 10.9. The van der Waals surface area contributed by atoms with Crippen LogP contribution in [0, 0.1) is 0 Å². The van der Waals surface area contributed by atoms with Gasteiger partial charge in [0.05, 0.1) is 11.2 Å². The predicted octanol–water partition coefficient (Wildman–Crippen LogP) is 7.16. The zero-order valence-electron chi connectivity index (χ0n) is 19.3. The lowest BCUT2D eigenvalue weighted by molar-refractivity contribution is 0.268. The molecule has 0 aromatic heterocycles. The third-order valence-electron chi connectivity index (χ3n) is 6.63. The van der Waals surface area contributed by atoms with Gasteiger partial charge in [0.15, 0.2) is 0 Å². The fourth-order valence-electron chi connectivity index (χ4n) is 4.86. The lowest BCUT2D eigenvalue weighted by Gasteiger charge is -2.38. The molecule has 0 saturated heterocycles. The van der Waals surface area contributed by atoms with Crippen LogP contribution in [0.15, 0.2) is 53.4 Å². The largest absolute Gasteiger partial charge is 0.325 e. The highest BCUT2D eigenvalue weighted by molar-refractivity contribution is 7.99. The summed E-state index contributed by atoms with van der Waals surface area (Å²) in [5.74, 6) is 1.07. The second kappa shape index (κ2) is 13.3. The first-order chi connectivity index (χ1) is 15.9. The van der Waals surface area contributed by atoms with E-state index in [1.807, 2.05) is 17.8 Å². The molecule has 0 radical (unpaired) electrons. The summed E-state index contributed by atoms with van der Waals surface area (Å²) in [4.78, 5) is 18.9. The molecule has 0 amide bonds. The molecule has 182 valence electrons. The van der Waals surface area contributed by atoms with Gasteiger partial charge in [-0.2, -0.15) is 0 Å². The molecule has 0 unspecified atom stereocenters. The van der Waals surface area contributed by atoms with Crippen LogP contribution in [0.1, 0.15) is 68.9 Å². The molecule has 2 aromatic carbocycles. The lowest BCUT2D eigenvalue weighted by Crippen LogP contribution is -2.29. The molecule has 3 N–H and O–H groups in total. The van der Waals surface area contributed by atoms with Crippen LogP contribution in [-0.4, -0.2) is 28.2 Å². The van der Waals surface area contributed by atoms with E-state index < -0.39 is 7.60 Å². The van der Waals surface area contributed by atoms with Crippen molar-refractivity contribution in [3.05, 3.63) is 64.7 Å². The average Bonchev–Trinajstić information content (AvgIpc) is 2.80. The number of nitrogens with one attached hydrogen (secondary N) is 1. The van der Waals surface area contributed by atoms with Gasteiger partial charge in [-0.15, -0.1) is 11.8 Å². The van der Waals surface area contributed by atoms with Crippen molar-refractivity contribution < 1.29 is 14.4 Å². The number of thioether (sulfide) groups is 1. The van der Waals surface area contributed by atoms with Crippen molar-refractivity contribution in [2.45, 2.75) is 74.6 Å². The lowest BCUT2D eigenvalue weighted by atomic mass is 9.67. The van der Waals surface area contributed by atoms with Gasteiger partial charge in [0.25, 0.3) is 0 Å². The minimum absolute atomic E-state index is 0.0806. The van der Waals surface area contributed by atoms with Crippen LogP contribution in [-0.2, 0) is 16.5 Å². The van der Waals surface area contributed by atoms with E-state index in [0.29, 0.717) is 24.9 Å². The van der Waals surface area contributed by atoms with Crippen molar-refractivity contribution in [3.63, 3.8) is 0 Å². The zero-order valence-corrected chi connectivity index (χ0v) is 21.8. The Bertz CT molecular complexity index is 900. The third kappa shape index (κ3) is 9.05. The van der Waals surface area contributed by atoms with Gasteiger partial charge in [-0.1, -0.05) is 73.7 Å². The molecule has 1 saturated carbocycles. The van der Waals surface area contributed by atoms with Crippen molar-refractivity contribution in [2.75, 3.05) is 18.5 Å². The minimum atomic E-state index is -3.90. The zero-order chi connectivity index (χ0) is 23.6. The van der Waals surface area contributed by atoms with Crippen molar-refractivity contribution in [2.24, 2.45) is 0 Å². The minimum Gasteiger partial charge on any atom is -0.324 e.